The number of pyridine rings is 2. The lowest BCUT2D eigenvalue weighted by Crippen LogP contribution is -2.37. The lowest BCUT2D eigenvalue weighted by Gasteiger charge is -2.31. The summed E-state index contributed by atoms with van der Waals surface area (Å²) in [5.74, 6) is 1.15. The molecule has 0 aliphatic carbocycles. The largest absolute Gasteiger partial charge is 0.451 e. The van der Waals surface area contributed by atoms with Gasteiger partial charge in [-0.15, -0.1) is 0 Å². The molecule has 6 heterocycles. The second kappa shape index (κ2) is 7.47. The van der Waals surface area contributed by atoms with E-state index in [1.54, 1.807) is 19.3 Å². The van der Waals surface area contributed by atoms with Gasteiger partial charge in [-0.05, 0) is 37.1 Å². The Balaban J connectivity index is 1.38. The van der Waals surface area contributed by atoms with Crippen LogP contribution in [0, 0.1) is 0 Å². The van der Waals surface area contributed by atoms with Gasteiger partial charge in [-0.1, -0.05) is 6.07 Å². The zero-order chi connectivity index (χ0) is 22.5. The molecule has 5 aromatic rings. The number of hydrogen-bond donors (Lipinski definition) is 1. The quantitative estimate of drug-likeness (QED) is 0.457. The van der Waals surface area contributed by atoms with Gasteiger partial charge in [-0.2, -0.15) is 10.2 Å². The van der Waals surface area contributed by atoms with Crippen LogP contribution in [0.3, 0.4) is 0 Å². The number of rotatable bonds is 3. The van der Waals surface area contributed by atoms with E-state index in [1.165, 1.54) is 0 Å². The van der Waals surface area contributed by atoms with Crippen molar-refractivity contribution >= 4 is 28.2 Å². The van der Waals surface area contributed by atoms with E-state index in [2.05, 4.69) is 15.2 Å². The zero-order valence-electron chi connectivity index (χ0n) is 18.2. The number of hydrogen-bond acceptors (Lipinski definition) is 6. The molecule has 1 fully saturated rings. The summed E-state index contributed by atoms with van der Waals surface area (Å²) in [6, 6.07) is 10.1. The van der Waals surface area contributed by atoms with E-state index in [0.717, 1.165) is 53.7 Å². The SMILES string of the molecule is CC(=O)N1CCC(n2cc(-c3cnc(N)c4oc(-c5cccc6ccnn56)cc34)cn2)CC1. The first kappa shape index (κ1) is 19.5. The molecule has 0 saturated carbocycles. The molecule has 1 aliphatic heterocycles. The summed E-state index contributed by atoms with van der Waals surface area (Å²) >= 11 is 0. The van der Waals surface area contributed by atoms with Crippen molar-refractivity contribution in [3.05, 3.63) is 55.1 Å². The highest BCUT2D eigenvalue weighted by Crippen LogP contribution is 2.37. The number of carbonyl (C=O) groups is 1. The minimum atomic E-state index is 0.131. The third-order valence-electron chi connectivity index (χ3n) is 6.46. The highest BCUT2D eigenvalue weighted by atomic mass is 16.3. The van der Waals surface area contributed by atoms with Crippen LogP contribution in [0.5, 0.6) is 0 Å². The van der Waals surface area contributed by atoms with Crippen molar-refractivity contribution in [1.82, 2.24) is 29.3 Å². The summed E-state index contributed by atoms with van der Waals surface area (Å²) in [6.07, 6.45) is 9.20. The molecule has 0 atom stereocenters. The fourth-order valence-electron chi connectivity index (χ4n) is 4.66. The molecule has 2 N–H and O–H groups in total. The number of likely N-dealkylation sites (tertiary alicyclic amines) is 1. The highest BCUT2D eigenvalue weighted by Gasteiger charge is 2.23. The molecule has 9 nitrogen and oxygen atoms in total. The van der Waals surface area contributed by atoms with Gasteiger partial charge in [0.15, 0.2) is 17.2 Å². The molecule has 1 amide bonds. The fraction of sp³-hybridized carbons (Fsp3) is 0.250. The Labute approximate surface area is 189 Å². The van der Waals surface area contributed by atoms with Gasteiger partial charge in [0.2, 0.25) is 5.91 Å². The van der Waals surface area contributed by atoms with Crippen LogP contribution in [0.4, 0.5) is 5.82 Å². The van der Waals surface area contributed by atoms with E-state index in [-0.39, 0.29) is 11.9 Å². The Kier molecular flexibility index (Phi) is 4.42. The van der Waals surface area contributed by atoms with Gasteiger partial charge >= 0.3 is 0 Å². The molecular formula is C24H23N7O2. The smallest absolute Gasteiger partial charge is 0.219 e. The van der Waals surface area contributed by atoms with Crippen LogP contribution in [0.25, 0.3) is 39.1 Å². The van der Waals surface area contributed by atoms with Crippen LogP contribution < -0.4 is 5.73 Å². The first-order valence-electron chi connectivity index (χ1n) is 11.0. The summed E-state index contributed by atoms with van der Waals surface area (Å²) in [5, 5.41) is 9.92. The predicted octanol–water partition coefficient (Wildman–Crippen LogP) is 3.77. The van der Waals surface area contributed by atoms with E-state index in [9.17, 15) is 4.79 Å². The summed E-state index contributed by atoms with van der Waals surface area (Å²) in [4.78, 5) is 17.9. The van der Waals surface area contributed by atoms with Crippen molar-refractivity contribution in [3.8, 4) is 22.6 Å². The molecule has 0 aromatic carbocycles. The first-order chi connectivity index (χ1) is 16.1. The summed E-state index contributed by atoms with van der Waals surface area (Å²) in [7, 11) is 0. The Morgan fingerprint density at radius 1 is 1.15 bits per heavy atom. The molecule has 6 rings (SSSR count). The van der Waals surface area contributed by atoms with Crippen molar-refractivity contribution in [2.45, 2.75) is 25.8 Å². The molecule has 1 saturated heterocycles. The van der Waals surface area contributed by atoms with Crippen LogP contribution in [0.2, 0.25) is 0 Å². The molecule has 1 aliphatic rings. The molecule has 0 radical (unpaired) electrons. The van der Waals surface area contributed by atoms with Crippen molar-refractivity contribution in [1.29, 1.82) is 0 Å². The molecule has 0 spiro atoms. The Morgan fingerprint density at radius 3 is 2.82 bits per heavy atom. The number of nitrogens with zero attached hydrogens (tertiary/aromatic N) is 6. The topological polar surface area (TPSA) is 107 Å². The number of aromatic nitrogens is 5. The van der Waals surface area contributed by atoms with Gasteiger partial charge < -0.3 is 15.1 Å². The number of amides is 1. The van der Waals surface area contributed by atoms with Crippen LogP contribution >= 0.6 is 0 Å². The molecule has 5 aromatic heterocycles. The molecule has 33 heavy (non-hydrogen) atoms. The maximum atomic E-state index is 11.6. The zero-order valence-corrected chi connectivity index (χ0v) is 18.2. The number of nitrogens with two attached hydrogens (primary N) is 1. The van der Waals surface area contributed by atoms with Crippen LogP contribution in [0.15, 0.2) is 59.5 Å². The van der Waals surface area contributed by atoms with Gasteiger partial charge in [0, 0.05) is 48.9 Å². The van der Waals surface area contributed by atoms with Crippen LogP contribution in [-0.4, -0.2) is 48.3 Å². The molecule has 0 unspecified atom stereocenters. The minimum Gasteiger partial charge on any atom is -0.451 e. The first-order valence-corrected chi connectivity index (χ1v) is 11.0. The van der Waals surface area contributed by atoms with Crippen LogP contribution in [0.1, 0.15) is 25.8 Å². The van der Waals surface area contributed by atoms with Gasteiger partial charge in [-0.25, -0.2) is 9.50 Å². The summed E-state index contributed by atoms with van der Waals surface area (Å²) in [5.41, 5.74) is 10.4. The second-order valence-corrected chi connectivity index (χ2v) is 8.44. The van der Waals surface area contributed by atoms with E-state index >= 15 is 0 Å². The van der Waals surface area contributed by atoms with E-state index in [1.807, 2.05) is 56.8 Å². The number of anilines is 1. The summed E-state index contributed by atoms with van der Waals surface area (Å²) < 4.78 is 10.0. The van der Waals surface area contributed by atoms with Gasteiger partial charge in [0.05, 0.1) is 24.0 Å². The lowest BCUT2D eigenvalue weighted by molar-refractivity contribution is -0.130. The molecule has 0 bridgehead atoms. The number of carbonyl (C=O) groups excluding carboxylic acids is 1. The maximum Gasteiger partial charge on any atom is 0.219 e. The maximum absolute atomic E-state index is 11.6. The minimum absolute atomic E-state index is 0.131. The Morgan fingerprint density at radius 2 is 2.00 bits per heavy atom. The normalized spacial score (nSPS) is 15.0. The second-order valence-electron chi connectivity index (χ2n) is 8.44. The average molecular weight is 441 g/mol. The van der Waals surface area contributed by atoms with Crippen molar-refractivity contribution < 1.29 is 9.21 Å². The van der Waals surface area contributed by atoms with E-state index in [4.69, 9.17) is 10.2 Å². The van der Waals surface area contributed by atoms with Crippen molar-refractivity contribution in [2.24, 2.45) is 0 Å². The third-order valence-corrected chi connectivity index (χ3v) is 6.46. The number of nitrogen functional groups attached to an aromatic ring is 1. The number of fused-ring (bicyclic) bond motifs is 2. The number of furan rings is 1. The van der Waals surface area contributed by atoms with E-state index in [0.29, 0.717) is 17.2 Å². The summed E-state index contributed by atoms with van der Waals surface area (Å²) in [6.45, 7) is 3.14. The number of piperidine rings is 1. The van der Waals surface area contributed by atoms with Gasteiger partial charge in [0.1, 0.15) is 5.69 Å². The van der Waals surface area contributed by atoms with Crippen molar-refractivity contribution in [3.63, 3.8) is 0 Å². The van der Waals surface area contributed by atoms with Gasteiger partial charge in [0.25, 0.3) is 0 Å². The molecule has 166 valence electrons. The third kappa shape index (κ3) is 3.24. The van der Waals surface area contributed by atoms with E-state index < -0.39 is 0 Å². The fourth-order valence-corrected chi connectivity index (χ4v) is 4.66. The van der Waals surface area contributed by atoms with Crippen molar-refractivity contribution in [2.75, 3.05) is 18.8 Å². The predicted molar refractivity (Wildman–Crippen MR) is 124 cm³/mol. The average Bonchev–Trinajstić information content (AvgIpc) is 3.58. The molecular weight excluding hydrogens is 418 g/mol. The van der Waals surface area contributed by atoms with Gasteiger partial charge in [-0.3, -0.25) is 9.48 Å². The highest BCUT2D eigenvalue weighted by molar-refractivity contribution is 6.00. The van der Waals surface area contributed by atoms with Crippen LogP contribution in [-0.2, 0) is 4.79 Å². The molecule has 9 heteroatoms. The Hall–Kier alpha value is -4.14. The monoisotopic (exact) mass is 441 g/mol. The lowest BCUT2D eigenvalue weighted by atomic mass is 10.0. The standard InChI is InChI=1S/C24H23N7O2/c1-15(32)29-9-6-17(7-10-29)30-14-16(12-28-30)20-13-26-24(25)23-19(20)11-22(33-23)21-4-2-3-18-5-8-27-31(18)21/h2-5,8,11-14,17H,6-7,9-10H2,1H3,(H2,25,26). The Bertz CT molecular complexity index is 1490.